The Bertz CT molecular complexity index is 413. The molecule has 0 unspecified atom stereocenters. The average Bonchev–Trinajstić information content (AvgIpc) is 2.49. The number of hydrogen-bond donors (Lipinski definition) is 2. The zero-order valence-electron chi connectivity index (χ0n) is 6.75. The number of fused-ring (bicyclic) bond motifs is 1. The van der Waals surface area contributed by atoms with Gasteiger partial charge in [-0.3, -0.25) is 5.10 Å². The van der Waals surface area contributed by atoms with Crippen LogP contribution in [0.4, 0.5) is 4.39 Å². The largest absolute Gasteiger partial charge is 0.326 e. The fourth-order valence-electron chi connectivity index (χ4n) is 1.17. The van der Waals surface area contributed by atoms with Crippen LogP contribution in [0.15, 0.2) is 18.3 Å². The molecule has 0 saturated heterocycles. The summed E-state index contributed by atoms with van der Waals surface area (Å²) in [7, 11) is 0. The lowest BCUT2D eigenvalue weighted by Gasteiger charge is -1.98. The average molecular weight is 202 g/mol. The second kappa shape index (κ2) is 3.72. The first-order valence-corrected chi connectivity index (χ1v) is 3.63. The fraction of sp³-hybridized carbons (Fsp3) is 0.125. The Balaban J connectivity index is 0.000000845. The Morgan fingerprint density at radius 2 is 2.23 bits per heavy atom. The van der Waals surface area contributed by atoms with Gasteiger partial charge in [-0.2, -0.15) is 5.10 Å². The van der Waals surface area contributed by atoms with E-state index in [2.05, 4.69) is 10.2 Å². The topological polar surface area (TPSA) is 54.7 Å². The third kappa shape index (κ3) is 1.64. The number of benzene rings is 1. The van der Waals surface area contributed by atoms with E-state index in [9.17, 15) is 4.39 Å². The monoisotopic (exact) mass is 201 g/mol. The van der Waals surface area contributed by atoms with Gasteiger partial charge in [-0.15, -0.1) is 12.4 Å². The summed E-state index contributed by atoms with van der Waals surface area (Å²) in [5, 5.41) is 7.35. The third-order valence-corrected chi connectivity index (χ3v) is 1.83. The molecule has 0 amide bonds. The van der Waals surface area contributed by atoms with Gasteiger partial charge in [-0.05, 0) is 12.1 Å². The van der Waals surface area contributed by atoms with Crippen LogP contribution in [0.2, 0.25) is 0 Å². The number of aromatic amines is 1. The molecule has 1 heterocycles. The molecule has 3 nitrogen and oxygen atoms in total. The van der Waals surface area contributed by atoms with E-state index >= 15 is 0 Å². The van der Waals surface area contributed by atoms with Crippen LogP contribution in [0.3, 0.4) is 0 Å². The normalized spacial score (nSPS) is 10.0. The molecule has 5 heteroatoms. The Morgan fingerprint density at radius 1 is 1.46 bits per heavy atom. The number of rotatable bonds is 1. The third-order valence-electron chi connectivity index (χ3n) is 1.83. The standard InChI is InChI=1S/C8H8FN3.ClH/c9-7-2-8-6(4-11-12-8)1-5(7)3-10;/h1-2,4H,3,10H2,(H,11,12);1H. The highest BCUT2D eigenvalue weighted by Gasteiger charge is 2.03. The summed E-state index contributed by atoms with van der Waals surface area (Å²) in [4.78, 5) is 0. The van der Waals surface area contributed by atoms with Gasteiger partial charge in [-0.25, -0.2) is 4.39 Å². The summed E-state index contributed by atoms with van der Waals surface area (Å²) in [6.45, 7) is 0.215. The molecule has 13 heavy (non-hydrogen) atoms. The highest BCUT2D eigenvalue weighted by atomic mass is 35.5. The van der Waals surface area contributed by atoms with E-state index in [1.54, 1.807) is 12.3 Å². The van der Waals surface area contributed by atoms with Crippen molar-refractivity contribution in [1.82, 2.24) is 10.2 Å². The van der Waals surface area contributed by atoms with Gasteiger partial charge in [0.15, 0.2) is 0 Å². The Kier molecular flexibility index (Phi) is 2.85. The second-order valence-corrected chi connectivity index (χ2v) is 2.60. The van der Waals surface area contributed by atoms with Crippen molar-refractivity contribution in [1.29, 1.82) is 0 Å². The summed E-state index contributed by atoms with van der Waals surface area (Å²) < 4.78 is 13.1. The summed E-state index contributed by atoms with van der Waals surface area (Å²) in [5.41, 5.74) is 6.56. The Labute approximate surface area is 80.5 Å². The minimum Gasteiger partial charge on any atom is -0.326 e. The molecular formula is C8H9ClFN3. The predicted molar refractivity (Wildman–Crippen MR) is 51.2 cm³/mol. The van der Waals surface area contributed by atoms with Crippen molar-refractivity contribution >= 4 is 23.3 Å². The smallest absolute Gasteiger partial charge is 0.129 e. The zero-order valence-corrected chi connectivity index (χ0v) is 7.57. The van der Waals surface area contributed by atoms with Gasteiger partial charge >= 0.3 is 0 Å². The predicted octanol–water partition coefficient (Wildman–Crippen LogP) is 1.58. The van der Waals surface area contributed by atoms with Crippen LogP contribution in [0.1, 0.15) is 5.56 Å². The van der Waals surface area contributed by atoms with Crippen molar-refractivity contribution in [3.63, 3.8) is 0 Å². The molecule has 0 aliphatic heterocycles. The lowest BCUT2D eigenvalue weighted by atomic mass is 10.1. The number of H-pyrrole nitrogens is 1. The molecule has 1 aromatic heterocycles. The van der Waals surface area contributed by atoms with Gasteiger partial charge in [0, 0.05) is 17.5 Å². The van der Waals surface area contributed by atoms with Gasteiger partial charge in [0.1, 0.15) is 5.82 Å². The van der Waals surface area contributed by atoms with Crippen molar-refractivity contribution in [2.24, 2.45) is 5.73 Å². The highest BCUT2D eigenvalue weighted by Crippen LogP contribution is 2.16. The van der Waals surface area contributed by atoms with Gasteiger partial charge in [0.05, 0.1) is 11.7 Å². The highest BCUT2D eigenvalue weighted by molar-refractivity contribution is 5.85. The minimum absolute atomic E-state index is 0. The van der Waals surface area contributed by atoms with Crippen LogP contribution in [-0.4, -0.2) is 10.2 Å². The SMILES string of the molecule is Cl.NCc1cc2cn[nH]c2cc1F. The number of halogens is 2. The maximum atomic E-state index is 13.1. The molecule has 0 aliphatic rings. The summed E-state index contributed by atoms with van der Waals surface area (Å²) in [5.74, 6) is -0.283. The number of hydrogen-bond acceptors (Lipinski definition) is 2. The summed E-state index contributed by atoms with van der Waals surface area (Å²) >= 11 is 0. The first-order chi connectivity index (χ1) is 5.81. The van der Waals surface area contributed by atoms with E-state index in [-0.39, 0.29) is 24.8 Å². The van der Waals surface area contributed by atoms with Gasteiger partial charge in [-0.1, -0.05) is 0 Å². The number of aromatic nitrogens is 2. The van der Waals surface area contributed by atoms with E-state index in [1.165, 1.54) is 6.07 Å². The lowest BCUT2D eigenvalue weighted by Crippen LogP contribution is -1.99. The second-order valence-electron chi connectivity index (χ2n) is 2.60. The Hall–Kier alpha value is -1.13. The van der Waals surface area contributed by atoms with Crippen LogP contribution in [0.5, 0.6) is 0 Å². The molecule has 0 saturated carbocycles. The van der Waals surface area contributed by atoms with Gasteiger partial charge in [0.25, 0.3) is 0 Å². The zero-order chi connectivity index (χ0) is 8.55. The van der Waals surface area contributed by atoms with Crippen LogP contribution >= 0.6 is 12.4 Å². The number of nitrogens with one attached hydrogen (secondary N) is 1. The summed E-state index contributed by atoms with van der Waals surface area (Å²) in [6.07, 6.45) is 1.65. The summed E-state index contributed by atoms with van der Waals surface area (Å²) in [6, 6.07) is 3.11. The molecule has 0 bridgehead atoms. The maximum Gasteiger partial charge on any atom is 0.129 e. The van der Waals surface area contributed by atoms with Crippen molar-refractivity contribution in [3.05, 3.63) is 29.7 Å². The quantitative estimate of drug-likeness (QED) is 0.736. The molecule has 2 rings (SSSR count). The van der Waals surface area contributed by atoms with Crippen molar-refractivity contribution in [2.75, 3.05) is 0 Å². The molecule has 0 fully saturated rings. The molecule has 0 aliphatic carbocycles. The van der Waals surface area contributed by atoms with Crippen molar-refractivity contribution in [3.8, 4) is 0 Å². The molecule has 0 atom stereocenters. The van der Waals surface area contributed by atoms with Gasteiger partial charge in [0.2, 0.25) is 0 Å². The molecule has 70 valence electrons. The van der Waals surface area contributed by atoms with E-state index in [1.807, 2.05) is 0 Å². The minimum atomic E-state index is -0.283. The molecular weight excluding hydrogens is 193 g/mol. The van der Waals surface area contributed by atoms with E-state index in [0.29, 0.717) is 11.1 Å². The molecule has 3 N–H and O–H groups in total. The number of nitrogens with two attached hydrogens (primary N) is 1. The van der Waals surface area contributed by atoms with E-state index in [0.717, 1.165) is 5.39 Å². The lowest BCUT2D eigenvalue weighted by molar-refractivity contribution is 0.612. The van der Waals surface area contributed by atoms with E-state index in [4.69, 9.17) is 5.73 Å². The van der Waals surface area contributed by atoms with Crippen LogP contribution in [-0.2, 0) is 6.54 Å². The fourth-order valence-corrected chi connectivity index (χ4v) is 1.17. The van der Waals surface area contributed by atoms with Gasteiger partial charge < -0.3 is 5.73 Å². The van der Waals surface area contributed by atoms with Crippen molar-refractivity contribution < 1.29 is 4.39 Å². The first kappa shape index (κ1) is 9.95. The van der Waals surface area contributed by atoms with E-state index < -0.39 is 0 Å². The Morgan fingerprint density at radius 3 is 2.92 bits per heavy atom. The first-order valence-electron chi connectivity index (χ1n) is 3.63. The molecule has 1 aromatic carbocycles. The van der Waals surface area contributed by atoms with Crippen LogP contribution in [0.25, 0.3) is 10.9 Å². The van der Waals surface area contributed by atoms with Crippen LogP contribution in [0, 0.1) is 5.82 Å². The molecule has 0 radical (unpaired) electrons. The number of nitrogens with zero attached hydrogens (tertiary/aromatic N) is 1. The van der Waals surface area contributed by atoms with Crippen LogP contribution < -0.4 is 5.73 Å². The van der Waals surface area contributed by atoms with Crippen molar-refractivity contribution in [2.45, 2.75) is 6.54 Å². The maximum absolute atomic E-state index is 13.1. The molecule has 2 aromatic rings. The molecule has 0 spiro atoms.